The Hall–Kier alpha value is -0.870. The van der Waals surface area contributed by atoms with Crippen LogP contribution in [0.4, 0.5) is 0 Å². The second-order valence-corrected chi connectivity index (χ2v) is 3.03. The largest absolute Gasteiger partial charge is 0.355 e. The van der Waals surface area contributed by atoms with Gasteiger partial charge in [-0.3, -0.25) is 0 Å². The predicted molar refractivity (Wildman–Crippen MR) is 46.6 cm³/mol. The molecular formula is C8H14N2O2. The molecule has 4 heteroatoms. The van der Waals surface area contributed by atoms with E-state index in [0.717, 1.165) is 5.70 Å². The van der Waals surface area contributed by atoms with Crippen LogP contribution in [0.2, 0.25) is 0 Å². The van der Waals surface area contributed by atoms with E-state index < -0.39 is 6.03 Å². The Kier molecular flexibility index (Phi) is 2.49. The van der Waals surface area contributed by atoms with Crippen LogP contribution in [0.5, 0.6) is 0 Å². The monoisotopic (exact) mass is 170 g/mol. The minimum absolute atomic E-state index is 0.0782. The summed E-state index contributed by atoms with van der Waals surface area (Å²) < 4.78 is 5.15. The lowest BCUT2D eigenvalue weighted by Crippen LogP contribution is -2.48. The Labute approximate surface area is 72.0 Å². The SMILES string of the molecule is CC1=CC=NC(O)(OC(C)C)N1. The molecule has 0 aromatic rings. The van der Waals surface area contributed by atoms with Crippen LogP contribution in [-0.2, 0) is 4.74 Å². The molecule has 0 saturated carbocycles. The van der Waals surface area contributed by atoms with Crippen LogP contribution in [0.1, 0.15) is 20.8 Å². The molecule has 0 aromatic heterocycles. The van der Waals surface area contributed by atoms with Gasteiger partial charge in [-0.15, -0.1) is 0 Å². The number of hydrogen-bond acceptors (Lipinski definition) is 4. The van der Waals surface area contributed by atoms with Crippen molar-refractivity contribution in [3.8, 4) is 0 Å². The Morgan fingerprint density at radius 3 is 2.83 bits per heavy atom. The van der Waals surface area contributed by atoms with Gasteiger partial charge in [-0.1, -0.05) is 0 Å². The van der Waals surface area contributed by atoms with Gasteiger partial charge in [0.25, 0.3) is 0 Å². The fourth-order valence-corrected chi connectivity index (χ4v) is 0.969. The minimum atomic E-state index is -1.58. The fraction of sp³-hybridized carbons (Fsp3) is 0.625. The number of rotatable bonds is 2. The first-order valence-corrected chi connectivity index (χ1v) is 3.92. The van der Waals surface area contributed by atoms with Crippen molar-refractivity contribution in [3.63, 3.8) is 0 Å². The highest BCUT2D eigenvalue weighted by molar-refractivity contribution is 5.73. The lowest BCUT2D eigenvalue weighted by molar-refractivity contribution is -0.232. The molecule has 1 atom stereocenters. The maximum atomic E-state index is 9.64. The standard InChI is InChI=1S/C8H14N2O2/c1-6(2)12-8(11)9-5-4-7(3)10-8/h4-6,10-11H,1-3H3. The Balaban J connectivity index is 2.63. The Bertz CT molecular complexity index is 223. The third-order valence-electron chi connectivity index (χ3n) is 1.33. The Morgan fingerprint density at radius 2 is 2.33 bits per heavy atom. The molecule has 12 heavy (non-hydrogen) atoms. The summed E-state index contributed by atoms with van der Waals surface area (Å²) in [4.78, 5) is 3.77. The molecule has 0 spiro atoms. The molecule has 2 N–H and O–H groups in total. The molecule has 0 fully saturated rings. The van der Waals surface area contributed by atoms with E-state index in [0.29, 0.717) is 0 Å². The highest BCUT2D eigenvalue weighted by atomic mass is 16.7. The maximum absolute atomic E-state index is 9.64. The summed E-state index contributed by atoms with van der Waals surface area (Å²) in [5.41, 5.74) is 0.827. The Morgan fingerprint density at radius 1 is 1.67 bits per heavy atom. The van der Waals surface area contributed by atoms with Gasteiger partial charge in [0.2, 0.25) is 0 Å². The van der Waals surface area contributed by atoms with Gasteiger partial charge in [-0.2, -0.15) is 0 Å². The third-order valence-corrected chi connectivity index (χ3v) is 1.33. The topological polar surface area (TPSA) is 53.9 Å². The summed E-state index contributed by atoms with van der Waals surface area (Å²) in [5, 5.41) is 12.4. The van der Waals surface area contributed by atoms with Crippen molar-refractivity contribution >= 4 is 6.21 Å². The van der Waals surface area contributed by atoms with Gasteiger partial charge in [-0.25, -0.2) is 4.99 Å². The van der Waals surface area contributed by atoms with Gasteiger partial charge >= 0.3 is 6.03 Å². The van der Waals surface area contributed by atoms with Crippen molar-refractivity contribution in [2.45, 2.75) is 32.9 Å². The summed E-state index contributed by atoms with van der Waals surface area (Å²) in [6.07, 6.45) is 3.21. The lowest BCUT2D eigenvalue weighted by Gasteiger charge is -2.29. The summed E-state index contributed by atoms with van der Waals surface area (Å²) >= 11 is 0. The van der Waals surface area contributed by atoms with Crippen LogP contribution < -0.4 is 5.32 Å². The van der Waals surface area contributed by atoms with Crippen molar-refractivity contribution in [3.05, 3.63) is 11.8 Å². The van der Waals surface area contributed by atoms with E-state index in [1.165, 1.54) is 6.21 Å². The molecule has 0 aromatic carbocycles. The van der Waals surface area contributed by atoms with Crippen LogP contribution in [0.25, 0.3) is 0 Å². The summed E-state index contributed by atoms with van der Waals surface area (Å²) in [5.74, 6) is 0. The lowest BCUT2D eigenvalue weighted by atomic mass is 10.4. The number of nitrogens with zero attached hydrogens (tertiary/aromatic N) is 1. The number of nitrogens with one attached hydrogen (secondary N) is 1. The van der Waals surface area contributed by atoms with Gasteiger partial charge in [0.15, 0.2) is 0 Å². The van der Waals surface area contributed by atoms with Crippen molar-refractivity contribution < 1.29 is 9.84 Å². The van der Waals surface area contributed by atoms with Crippen LogP contribution in [-0.4, -0.2) is 23.5 Å². The molecule has 0 amide bonds. The maximum Gasteiger partial charge on any atom is 0.355 e. The molecule has 1 heterocycles. The van der Waals surface area contributed by atoms with E-state index in [2.05, 4.69) is 10.3 Å². The van der Waals surface area contributed by atoms with Crippen LogP contribution in [0.3, 0.4) is 0 Å². The molecule has 0 saturated heterocycles. The van der Waals surface area contributed by atoms with Crippen molar-refractivity contribution in [2.75, 3.05) is 0 Å². The molecule has 0 radical (unpaired) electrons. The zero-order chi connectivity index (χ0) is 9.19. The quantitative estimate of drug-likeness (QED) is 0.596. The van der Waals surface area contributed by atoms with E-state index in [1.54, 1.807) is 6.08 Å². The van der Waals surface area contributed by atoms with E-state index in [9.17, 15) is 5.11 Å². The average Bonchev–Trinajstić information content (AvgIpc) is 1.82. The summed E-state index contributed by atoms with van der Waals surface area (Å²) in [6, 6.07) is -1.58. The molecule has 1 aliphatic rings. The number of aliphatic hydroxyl groups is 1. The van der Waals surface area contributed by atoms with E-state index >= 15 is 0 Å². The van der Waals surface area contributed by atoms with Gasteiger partial charge in [0.1, 0.15) is 0 Å². The van der Waals surface area contributed by atoms with Crippen molar-refractivity contribution in [2.24, 2.45) is 4.99 Å². The molecule has 0 bridgehead atoms. The van der Waals surface area contributed by atoms with Crippen LogP contribution in [0.15, 0.2) is 16.8 Å². The van der Waals surface area contributed by atoms with Gasteiger partial charge in [0.05, 0.1) is 6.10 Å². The highest BCUT2D eigenvalue weighted by Gasteiger charge is 2.28. The number of hydrogen-bond donors (Lipinski definition) is 2. The summed E-state index contributed by atoms with van der Waals surface area (Å²) in [7, 11) is 0. The first-order valence-electron chi connectivity index (χ1n) is 3.92. The molecule has 0 aliphatic carbocycles. The first kappa shape index (κ1) is 9.22. The zero-order valence-electron chi connectivity index (χ0n) is 7.53. The smallest absolute Gasteiger partial charge is 0.330 e. The number of allylic oxidation sites excluding steroid dienone is 2. The molecule has 4 nitrogen and oxygen atoms in total. The second kappa shape index (κ2) is 3.25. The van der Waals surface area contributed by atoms with E-state index in [1.807, 2.05) is 20.8 Å². The van der Waals surface area contributed by atoms with E-state index in [4.69, 9.17) is 4.74 Å². The molecule has 68 valence electrons. The van der Waals surface area contributed by atoms with Gasteiger partial charge in [-0.05, 0) is 26.8 Å². The number of ether oxygens (including phenoxy) is 1. The second-order valence-electron chi connectivity index (χ2n) is 3.03. The average molecular weight is 170 g/mol. The van der Waals surface area contributed by atoms with Crippen molar-refractivity contribution in [1.29, 1.82) is 0 Å². The highest BCUT2D eigenvalue weighted by Crippen LogP contribution is 2.12. The molecule has 1 rings (SSSR count). The minimum Gasteiger partial charge on any atom is -0.330 e. The van der Waals surface area contributed by atoms with E-state index in [-0.39, 0.29) is 6.10 Å². The molecule has 1 unspecified atom stereocenters. The zero-order valence-corrected chi connectivity index (χ0v) is 7.53. The number of aliphatic imine (C=N–C) groups is 1. The fourth-order valence-electron chi connectivity index (χ4n) is 0.969. The summed E-state index contributed by atoms with van der Waals surface area (Å²) in [6.45, 7) is 5.51. The molecule has 1 aliphatic heterocycles. The predicted octanol–water partition coefficient (Wildman–Crippen LogP) is 0.593. The molecular weight excluding hydrogens is 156 g/mol. The normalized spacial score (nSPS) is 28.6. The third kappa shape index (κ3) is 2.32. The van der Waals surface area contributed by atoms with Crippen LogP contribution in [0, 0.1) is 0 Å². The van der Waals surface area contributed by atoms with Crippen LogP contribution >= 0.6 is 0 Å². The van der Waals surface area contributed by atoms with Gasteiger partial charge in [0, 0.05) is 11.9 Å². The van der Waals surface area contributed by atoms with Gasteiger partial charge < -0.3 is 15.2 Å². The first-order chi connectivity index (χ1) is 5.52. The van der Waals surface area contributed by atoms with Crippen molar-refractivity contribution in [1.82, 2.24) is 5.32 Å².